The summed E-state index contributed by atoms with van der Waals surface area (Å²) in [5.74, 6) is -2.91. The van der Waals surface area contributed by atoms with Crippen molar-refractivity contribution >= 4 is 61.9 Å². The molecule has 0 spiro atoms. The lowest BCUT2D eigenvalue weighted by molar-refractivity contribution is -0.136. The largest absolute Gasteiger partial charge is 0.368 e. The van der Waals surface area contributed by atoms with Gasteiger partial charge in [-0.1, -0.05) is 73.7 Å². The average molecular weight is 765 g/mol. The number of thiophene rings is 1. The molecule has 1 aliphatic rings. The van der Waals surface area contributed by atoms with E-state index < -0.39 is 59.2 Å². The molecule has 0 radical (unpaired) electrons. The molecule has 55 heavy (non-hydrogen) atoms. The molecule has 288 valence electrons. The van der Waals surface area contributed by atoms with E-state index in [1.807, 2.05) is 84.2 Å². The number of carbonyl (C=O) groups is 5. The van der Waals surface area contributed by atoms with E-state index in [1.54, 1.807) is 13.1 Å². The van der Waals surface area contributed by atoms with Gasteiger partial charge in [-0.15, -0.1) is 11.3 Å². The van der Waals surface area contributed by atoms with Crippen LogP contribution >= 0.6 is 11.3 Å². The minimum atomic E-state index is -1.28. The number of H-pyrrole nitrogens is 1. The fraction of sp³-hybridized carbons (Fsp3) is 0.341. The maximum atomic E-state index is 14.5. The predicted octanol–water partition coefficient (Wildman–Crippen LogP) is 2.33. The maximum absolute atomic E-state index is 14.5. The number of rotatable bonds is 16. The molecule has 14 heteroatoms. The van der Waals surface area contributed by atoms with Crippen LogP contribution in [0.2, 0.25) is 0 Å². The number of piperidine rings is 1. The molecule has 0 bridgehead atoms. The topological polar surface area (TPSA) is 213 Å². The zero-order valence-corrected chi connectivity index (χ0v) is 31.5. The summed E-state index contributed by atoms with van der Waals surface area (Å²) in [7, 11) is 0. The number of nitrogens with one attached hydrogen (secondary N) is 6. The molecule has 5 aromatic rings. The molecule has 2 aromatic heterocycles. The third-order valence-corrected chi connectivity index (χ3v) is 11.3. The Hall–Kier alpha value is -5.57. The van der Waals surface area contributed by atoms with Crippen molar-refractivity contribution in [2.45, 2.75) is 75.2 Å². The molecule has 1 saturated heterocycles. The second-order valence-corrected chi connectivity index (χ2v) is 15.0. The molecular weight excluding hydrogens is 717 g/mol. The first kappa shape index (κ1) is 39.1. The number of amides is 5. The lowest BCUT2D eigenvalue weighted by Crippen LogP contribution is -2.65. The lowest BCUT2D eigenvalue weighted by Gasteiger charge is -2.36. The molecule has 0 aliphatic carbocycles. The molecule has 3 heterocycles. The van der Waals surface area contributed by atoms with E-state index in [0.29, 0.717) is 32.4 Å². The van der Waals surface area contributed by atoms with Crippen molar-refractivity contribution in [1.82, 2.24) is 31.6 Å². The number of aromatic nitrogens is 1. The van der Waals surface area contributed by atoms with Crippen LogP contribution in [0.4, 0.5) is 0 Å². The maximum Gasteiger partial charge on any atom is 0.243 e. The SMILES string of the molecule is CC[C@@H](N)C(=O)N[C@H](Cc1csc2ccccc12)C(=O)N[C@H](Cc1c[nH]c2ccccc12)C(=O)N[C@@H](Cc1ccccc1)C(=O)NC1(C(N)=O)CCNCC1. The first-order valence-corrected chi connectivity index (χ1v) is 19.5. The van der Waals surface area contributed by atoms with E-state index in [0.717, 1.165) is 37.7 Å². The van der Waals surface area contributed by atoms with Crippen molar-refractivity contribution < 1.29 is 24.0 Å². The summed E-state index contributed by atoms with van der Waals surface area (Å²) in [5, 5.41) is 18.5. The van der Waals surface area contributed by atoms with Crippen molar-refractivity contribution in [3.05, 3.63) is 107 Å². The molecule has 10 N–H and O–H groups in total. The quantitative estimate of drug-likeness (QED) is 0.0751. The molecule has 1 fully saturated rings. The molecule has 0 unspecified atom stereocenters. The Kier molecular flexibility index (Phi) is 12.6. The number of benzene rings is 3. The van der Waals surface area contributed by atoms with Gasteiger partial charge in [0.05, 0.1) is 6.04 Å². The number of fused-ring (bicyclic) bond motifs is 2. The minimum absolute atomic E-state index is 0.0642. The molecular formula is C41H48N8O5S. The van der Waals surface area contributed by atoms with Crippen molar-refractivity contribution in [3.8, 4) is 0 Å². The molecule has 0 saturated carbocycles. The normalized spacial score (nSPS) is 16.0. The molecule has 3 aromatic carbocycles. The van der Waals surface area contributed by atoms with Crippen LogP contribution in [0.5, 0.6) is 0 Å². The monoisotopic (exact) mass is 764 g/mol. The van der Waals surface area contributed by atoms with Gasteiger partial charge in [-0.2, -0.15) is 0 Å². The van der Waals surface area contributed by atoms with Crippen molar-refractivity contribution in [2.24, 2.45) is 11.5 Å². The van der Waals surface area contributed by atoms with Gasteiger partial charge >= 0.3 is 0 Å². The van der Waals surface area contributed by atoms with Crippen LogP contribution in [0.3, 0.4) is 0 Å². The van der Waals surface area contributed by atoms with Gasteiger partial charge < -0.3 is 43.0 Å². The zero-order chi connectivity index (χ0) is 39.0. The Balaban J connectivity index is 1.31. The summed E-state index contributed by atoms with van der Waals surface area (Å²) in [4.78, 5) is 72.1. The Bertz CT molecular complexity index is 2140. The van der Waals surface area contributed by atoms with E-state index >= 15 is 0 Å². The number of hydrogen-bond acceptors (Lipinski definition) is 8. The summed E-state index contributed by atoms with van der Waals surface area (Å²) in [6.45, 7) is 2.76. The lowest BCUT2D eigenvalue weighted by atomic mass is 9.87. The number of para-hydroxylation sites is 1. The van der Waals surface area contributed by atoms with Gasteiger partial charge in [-0.05, 0) is 71.9 Å². The molecule has 1 aliphatic heterocycles. The summed E-state index contributed by atoms with van der Waals surface area (Å²) < 4.78 is 1.04. The standard InChI is InChI=1S/C41H48N8O5S/c1-2-30(42)36(50)46-34(22-27-24-55-35-15-9-7-13-29(27)35)38(52)48-33(21-26-23-45-31-14-8-6-12-28(26)31)37(51)47-32(20-25-10-4-3-5-11-25)39(53)49-41(40(43)54)16-18-44-19-17-41/h3-15,23-24,30,32-34,44-45H,2,16-22,42H2,1H3,(H2,43,54)(H,46,50)(H,47,51)(H,48,52)(H,49,53)/t30-,32+,33-,34-/m1/s1. The second kappa shape index (κ2) is 17.7. The van der Waals surface area contributed by atoms with E-state index in [-0.39, 0.29) is 19.3 Å². The third-order valence-electron chi connectivity index (χ3n) is 10.3. The van der Waals surface area contributed by atoms with Gasteiger partial charge in [0.1, 0.15) is 23.7 Å². The Labute approximate surface area is 323 Å². The summed E-state index contributed by atoms with van der Waals surface area (Å²) >= 11 is 1.54. The van der Waals surface area contributed by atoms with Gasteiger partial charge in [0.2, 0.25) is 29.5 Å². The number of aromatic amines is 1. The van der Waals surface area contributed by atoms with Crippen LogP contribution < -0.4 is 38.1 Å². The number of hydrogen-bond donors (Lipinski definition) is 8. The highest BCUT2D eigenvalue weighted by Gasteiger charge is 2.41. The van der Waals surface area contributed by atoms with E-state index in [9.17, 15) is 24.0 Å². The minimum Gasteiger partial charge on any atom is -0.368 e. The van der Waals surface area contributed by atoms with Gasteiger partial charge in [0.25, 0.3) is 0 Å². The molecule has 5 amide bonds. The first-order chi connectivity index (χ1) is 26.6. The van der Waals surface area contributed by atoms with E-state index in [2.05, 4.69) is 31.6 Å². The Morgan fingerprint density at radius 1 is 0.727 bits per heavy atom. The fourth-order valence-corrected chi connectivity index (χ4v) is 8.00. The number of nitrogens with two attached hydrogens (primary N) is 2. The van der Waals surface area contributed by atoms with Gasteiger partial charge in [-0.25, -0.2) is 0 Å². The smallest absolute Gasteiger partial charge is 0.243 e. The van der Waals surface area contributed by atoms with Crippen LogP contribution in [0.15, 0.2) is 90.4 Å². The first-order valence-electron chi connectivity index (χ1n) is 18.6. The van der Waals surface area contributed by atoms with Crippen molar-refractivity contribution in [3.63, 3.8) is 0 Å². The molecule has 6 rings (SSSR count). The van der Waals surface area contributed by atoms with Crippen molar-refractivity contribution in [1.29, 1.82) is 0 Å². The highest BCUT2D eigenvalue weighted by molar-refractivity contribution is 7.17. The third kappa shape index (κ3) is 9.39. The fourth-order valence-electron chi connectivity index (χ4n) is 7.03. The molecule has 13 nitrogen and oxygen atoms in total. The van der Waals surface area contributed by atoms with Gasteiger partial charge in [-0.3, -0.25) is 24.0 Å². The molecule has 4 atom stereocenters. The van der Waals surface area contributed by atoms with E-state index in [1.165, 1.54) is 11.3 Å². The van der Waals surface area contributed by atoms with Crippen LogP contribution in [0.25, 0.3) is 21.0 Å². The van der Waals surface area contributed by atoms with Crippen LogP contribution in [-0.2, 0) is 43.2 Å². The second-order valence-electron chi connectivity index (χ2n) is 14.1. The van der Waals surface area contributed by atoms with Crippen molar-refractivity contribution in [2.75, 3.05) is 13.1 Å². The van der Waals surface area contributed by atoms with E-state index in [4.69, 9.17) is 11.5 Å². The zero-order valence-electron chi connectivity index (χ0n) is 30.7. The van der Waals surface area contributed by atoms with Gasteiger partial charge in [0, 0.05) is 41.1 Å². The highest BCUT2D eigenvalue weighted by atomic mass is 32.1. The highest BCUT2D eigenvalue weighted by Crippen LogP contribution is 2.27. The summed E-state index contributed by atoms with van der Waals surface area (Å²) in [5.41, 5.74) is 13.9. The number of carbonyl (C=O) groups excluding carboxylic acids is 5. The predicted molar refractivity (Wildman–Crippen MR) is 214 cm³/mol. The Morgan fingerprint density at radius 3 is 1.98 bits per heavy atom. The van der Waals surface area contributed by atoms with Crippen LogP contribution in [0.1, 0.15) is 42.9 Å². The van der Waals surface area contributed by atoms with Crippen LogP contribution in [-0.4, -0.2) is 77.3 Å². The van der Waals surface area contributed by atoms with Gasteiger partial charge in [0.15, 0.2) is 0 Å². The number of primary amides is 1. The average Bonchev–Trinajstić information content (AvgIpc) is 3.81. The summed E-state index contributed by atoms with van der Waals surface area (Å²) in [6.07, 6.45) is 3.08. The van der Waals surface area contributed by atoms with Crippen LogP contribution in [0, 0.1) is 0 Å². The Morgan fingerprint density at radius 2 is 1.31 bits per heavy atom. The summed E-state index contributed by atoms with van der Waals surface area (Å²) in [6, 6.07) is 20.4.